The summed E-state index contributed by atoms with van der Waals surface area (Å²) in [5.74, 6) is -0.745. The second-order valence-corrected chi connectivity index (χ2v) is 5.61. The third kappa shape index (κ3) is 3.55. The van der Waals surface area contributed by atoms with Gasteiger partial charge in [0, 0.05) is 22.5 Å². The summed E-state index contributed by atoms with van der Waals surface area (Å²) in [7, 11) is 0. The number of aromatic nitrogens is 1. The number of amides is 1. The number of hydrogen-bond acceptors (Lipinski definition) is 3. The number of thiazole rings is 1. The topological polar surface area (TPSA) is 42.0 Å². The molecule has 20 heavy (non-hydrogen) atoms. The number of nitrogens with zero attached hydrogens (tertiary/aromatic N) is 1. The molecule has 0 unspecified atom stereocenters. The molecule has 0 aliphatic carbocycles. The molecule has 0 bridgehead atoms. The Hall–Kier alpha value is -1.46. The predicted octanol–water partition coefficient (Wildman–Crippen LogP) is 3.82. The SMILES string of the molecule is CCCc1nc(C(=O)NCc2c(F)cccc2Cl)cs1. The molecule has 0 atom stereocenters. The average molecular weight is 313 g/mol. The average Bonchev–Trinajstić information content (AvgIpc) is 2.87. The van der Waals surface area contributed by atoms with E-state index in [0.29, 0.717) is 10.7 Å². The van der Waals surface area contributed by atoms with Gasteiger partial charge in [0.1, 0.15) is 11.5 Å². The van der Waals surface area contributed by atoms with Crippen LogP contribution in [0.3, 0.4) is 0 Å². The molecular weight excluding hydrogens is 299 g/mol. The summed E-state index contributed by atoms with van der Waals surface area (Å²) < 4.78 is 13.6. The van der Waals surface area contributed by atoms with Crippen molar-refractivity contribution in [2.24, 2.45) is 0 Å². The molecule has 0 aliphatic heterocycles. The molecule has 0 fully saturated rings. The van der Waals surface area contributed by atoms with Crippen molar-refractivity contribution in [3.05, 3.63) is 50.7 Å². The second-order valence-electron chi connectivity index (χ2n) is 4.26. The van der Waals surface area contributed by atoms with Crippen molar-refractivity contribution < 1.29 is 9.18 Å². The van der Waals surface area contributed by atoms with Crippen LogP contribution >= 0.6 is 22.9 Å². The van der Waals surface area contributed by atoms with Crippen molar-refractivity contribution in [3.63, 3.8) is 0 Å². The highest BCUT2D eigenvalue weighted by molar-refractivity contribution is 7.09. The van der Waals surface area contributed by atoms with Crippen LogP contribution in [0.15, 0.2) is 23.6 Å². The van der Waals surface area contributed by atoms with E-state index in [0.717, 1.165) is 17.8 Å². The Morgan fingerprint density at radius 3 is 3.00 bits per heavy atom. The predicted molar refractivity (Wildman–Crippen MR) is 78.7 cm³/mol. The van der Waals surface area contributed by atoms with Crippen LogP contribution in [0.4, 0.5) is 4.39 Å². The van der Waals surface area contributed by atoms with E-state index in [4.69, 9.17) is 11.6 Å². The Balaban J connectivity index is 2.01. The van der Waals surface area contributed by atoms with Crippen molar-refractivity contribution in [3.8, 4) is 0 Å². The number of halogens is 2. The van der Waals surface area contributed by atoms with Crippen LogP contribution in [-0.4, -0.2) is 10.9 Å². The van der Waals surface area contributed by atoms with Crippen LogP contribution in [0.1, 0.15) is 34.4 Å². The minimum atomic E-state index is -0.428. The van der Waals surface area contributed by atoms with E-state index >= 15 is 0 Å². The molecule has 0 radical (unpaired) electrons. The standard InChI is InChI=1S/C14H14ClFN2OS/c1-2-4-13-18-12(8-20-13)14(19)17-7-9-10(15)5-3-6-11(9)16/h3,5-6,8H,2,4,7H2,1H3,(H,17,19). The number of carbonyl (C=O) groups is 1. The van der Waals surface area contributed by atoms with E-state index in [9.17, 15) is 9.18 Å². The molecular formula is C14H14ClFN2OS. The molecule has 6 heteroatoms. The Kier molecular flexibility index (Phi) is 5.09. The Morgan fingerprint density at radius 1 is 1.50 bits per heavy atom. The van der Waals surface area contributed by atoms with Crippen LogP contribution in [0.25, 0.3) is 0 Å². The number of carbonyl (C=O) groups excluding carboxylic acids is 1. The molecule has 0 aliphatic rings. The highest BCUT2D eigenvalue weighted by atomic mass is 35.5. The summed E-state index contributed by atoms with van der Waals surface area (Å²) in [6.45, 7) is 2.10. The minimum absolute atomic E-state index is 0.0466. The quantitative estimate of drug-likeness (QED) is 0.912. The van der Waals surface area contributed by atoms with Gasteiger partial charge in [-0.05, 0) is 25.0 Å². The van der Waals surface area contributed by atoms with Crippen LogP contribution in [-0.2, 0) is 13.0 Å². The lowest BCUT2D eigenvalue weighted by Gasteiger charge is -2.06. The van der Waals surface area contributed by atoms with Gasteiger partial charge in [0.2, 0.25) is 0 Å². The molecule has 0 spiro atoms. The van der Waals surface area contributed by atoms with Crippen molar-refractivity contribution in [2.45, 2.75) is 26.3 Å². The number of aryl methyl sites for hydroxylation is 1. The van der Waals surface area contributed by atoms with Gasteiger partial charge in [-0.25, -0.2) is 9.37 Å². The van der Waals surface area contributed by atoms with Crippen molar-refractivity contribution >= 4 is 28.8 Å². The summed E-state index contributed by atoms with van der Waals surface area (Å²) in [5.41, 5.74) is 0.650. The summed E-state index contributed by atoms with van der Waals surface area (Å²) in [4.78, 5) is 16.2. The highest BCUT2D eigenvalue weighted by Crippen LogP contribution is 2.19. The summed E-state index contributed by atoms with van der Waals surface area (Å²) in [6, 6.07) is 4.43. The molecule has 2 aromatic rings. The Bertz CT molecular complexity index is 595. The Labute approximate surface area is 125 Å². The van der Waals surface area contributed by atoms with Crippen molar-refractivity contribution in [2.75, 3.05) is 0 Å². The van der Waals surface area contributed by atoms with Gasteiger partial charge in [0.05, 0.1) is 5.01 Å². The maximum absolute atomic E-state index is 13.6. The van der Waals surface area contributed by atoms with E-state index in [2.05, 4.69) is 17.2 Å². The number of hydrogen-bond donors (Lipinski definition) is 1. The van der Waals surface area contributed by atoms with E-state index in [1.807, 2.05) is 0 Å². The van der Waals surface area contributed by atoms with Crippen molar-refractivity contribution in [1.29, 1.82) is 0 Å². The van der Waals surface area contributed by atoms with Crippen LogP contribution < -0.4 is 5.32 Å². The van der Waals surface area contributed by atoms with E-state index in [1.165, 1.54) is 23.5 Å². The largest absolute Gasteiger partial charge is 0.346 e. The highest BCUT2D eigenvalue weighted by Gasteiger charge is 2.12. The van der Waals surface area contributed by atoms with E-state index in [-0.39, 0.29) is 18.0 Å². The lowest BCUT2D eigenvalue weighted by molar-refractivity contribution is 0.0946. The van der Waals surface area contributed by atoms with Gasteiger partial charge in [-0.2, -0.15) is 0 Å². The molecule has 2 rings (SSSR count). The summed E-state index contributed by atoms with van der Waals surface area (Å²) in [6.07, 6.45) is 1.84. The maximum atomic E-state index is 13.6. The van der Waals surface area contributed by atoms with Crippen molar-refractivity contribution in [1.82, 2.24) is 10.3 Å². The first-order valence-electron chi connectivity index (χ1n) is 6.27. The third-order valence-corrected chi connectivity index (χ3v) is 4.00. The summed E-state index contributed by atoms with van der Waals surface area (Å²) >= 11 is 7.36. The molecule has 0 saturated heterocycles. The first-order chi connectivity index (χ1) is 9.61. The number of rotatable bonds is 5. The van der Waals surface area contributed by atoms with Gasteiger partial charge in [-0.3, -0.25) is 4.79 Å². The van der Waals surface area contributed by atoms with Gasteiger partial charge < -0.3 is 5.32 Å². The van der Waals surface area contributed by atoms with Gasteiger partial charge >= 0.3 is 0 Å². The fourth-order valence-electron chi connectivity index (χ4n) is 1.70. The zero-order valence-corrected chi connectivity index (χ0v) is 12.5. The van der Waals surface area contributed by atoms with Gasteiger partial charge in [-0.1, -0.05) is 24.6 Å². The van der Waals surface area contributed by atoms with Gasteiger partial charge in [0.15, 0.2) is 0 Å². The summed E-state index contributed by atoms with van der Waals surface area (Å²) in [5, 5.41) is 5.58. The van der Waals surface area contributed by atoms with E-state index < -0.39 is 5.82 Å². The maximum Gasteiger partial charge on any atom is 0.271 e. The molecule has 106 valence electrons. The number of benzene rings is 1. The zero-order valence-electron chi connectivity index (χ0n) is 11.0. The number of nitrogens with one attached hydrogen (secondary N) is 1. The van der Waals surface area contributed by atoms with Crippen LogP contribution in [0, 0.1) is 5.82 Å². The van der Waals surface area contributed by atoms with Gasteiger partial charge in [-0.15, -0.1) is 11.3 Å². The fraction of sp³-hybridized carbons (Fsp3) is 0.286. The molecule has 1 N–H and O–H groups in total. The third-order valence-electron chi connectivity index (χ3n) is 2.74. The molecule has 1 amide bonds. The first kappa shape index (κ1) is 14.9. The molecule has 1 aromatic heterocycles. The monoisotopic (exact) mass is 312 g/mol. The normalized spacial score (nSPS) is 10.6. The van der Waals surface area contributed by atoms with Crippen LogP contribution in [0.2, 0.25) is 5.02 Å². The second kappa shape index (κ2) is 6.81. The zero-order chi connectivity index (χ0) is 14.5. The van der Waals surface area contributed by atoms with E-state index in [1.54, 1.807) is 11.4 Å². The fourth-order valence-corrected chi connectivity index (χ4v) is 2.81. The smallest absolute Gasteiger partial charge is 0.271 e. The molecule has 0 saturated carbocycles. The first-order valence-corrected chi connectivity index (χ1v) is 7.53. The molecule has 1 heterocycles. The lowest BCUT2D eigenvalue weighted by Crippen LogP contribution is -2.23. The van der Waals surface area contributed by atoms with Crippen LogP contribution in [0.5, 0.6) is 0 Å². The lowest BCUT2D eigenvalue weighted by atomic mass is 10.2. The Morgan fingerprint density at radius 2 is 2.30 bits per heavy atom. The minimum Gasteiger partial charge on any atom is -0.346 e. The molecule has 1 aromatic carbocycles. The van der Waals surface area contributed by atoms with Gasteiger partial charge in [0.25, 0.3) is 5.91 Å². The molecule has 3 nitrogen and oxygen atoms in total.